The van der Waals surface area contributed by atoms with E-state index in [9.17, 15) is 18.5 Å². The molecule has 0 aromatic heterocycles. The Labute approximate surface area is 172 Å². The van der Waals surface area contributed by atoms with Crippen LogP contribution in [0.15, 0.2) is 47.4 Å². The van der Waals surface area contributed by atoms with Gasteiger partial charge in [-0.05, 0) is 37.4 Å². The number of nitro groups is 1. The van der Waals surface area contributed by atoms with Gasteiger partial charge in [-0.15, -0.1) is 0 Å². The van der Waals surface area contributed by atoms with Crippen LogP contribution in [0.5, 0.6) is 0 Å². The predicted molar refractivity (Wildman–Crippen MR) is 114 cm³/mol. The van der Waals surface area contributed by atoms with E-state index in [-0.39, 0.29) is 16.3 Å². The van der Waals surface area contributed by atoms with E-state index in [1.807, 2.05) is 38.4 Å². The van der Waals surface area contributed by atoms with Gasteiger partial charge < -0.3 is 10.2 Å². The third kappa shape index (κ3) is 5.75. The third-order valence-electron chi connectivity index (χ3n) is 4.51. The van der Waals surface area contributed by atoms with E-state index in [0.29, 0.717) is 19.6 Å². The highest BCUT2D eigenvalue weighted by Gasteiger charge is 2.25. The summed E-state index contributed by atoms with van der Waals surface area (Å²) in [6.07, 6.45) is 0. The Balaban J connectivity index is 2.22. The highest BCUT2D eigenvalue weighted by molar-refractivity contribution is 7.89. The molecule has 0 unspecified atom stereocenters. The molecule has 0 saturated heterocycles. The Bertz CT molecular complexity index is 939. The second kappa shape index (κ2) is 9.82. The normalized spacial score (nSPS) is 11.8. The van der Waals surface area contributed by atoms with E-state index in [1.165, 1.54) is 22.0 Å². The minimum atomic E-state index is -3.76. The summed E-state index contributed by atoms with van der Waals surface area (Å²) in [4.78, 5) is 13.0. The second-order valence-corrected chi connectivity index (χ2v) is 8.87. The maximum atomic E-state index is 12.6. The maximum absolute atomic E-state index is 12.6. The summed E-state index contributed by atoms with van der Waals surface area (Å²) >= 11 is 0. The topological polar surface area (TPSA) is 95.8 Å². The van der Waals surface area contributed by atoms with E-state index in [0.717, 1.165) is 18.2 Å². The first-order valence-corrected chi connectivity index (χ1v) is 10.9. The van der Waals surface area contributed by atoms with E-state index < -0.39 is 14.9 Å². The van der Waals surface area contributed by atoms with Crippen molar-refractivity contribution < 1.29 is 13.3 Å². The average Bonchev–Trinajstić information content (AvgIpc) is 2.67. The van der Waals surface area contributed by atoms with Gasteiger partial charge in [0.2, 0.25) is 10.0 Å². The Morgan fingerprint density at radius 1 is 1.00 bits per heavy atom. The molecule has 0 aliphatic heterocycles. The van der Waals surface area contributed by atoms with Crippen molar-refractivity contribution in [3.63, 3.8) is 0 Å². The number of anilines is 1. The van der Waals surface area contributed by atoms with E-state index >= 15 is 0 Å². The summed E-state index contributed by atoms with van der Waals surface area (Å²) in [5.74, 6) is 0. The van der Waals surface area contributed by atoms with Crippen molar-refractivity contribution in [1.82, 2.24) is 9.21 Å². The number of sulfonamides is 1. The SMILES string of the molecule is CCN(CC)S(=O)(=O)c1ccc(NCc2ccc(CN(C)C)cc2)c([N+](=O)[O-])c1. The number of rotatable bonds is 10. The van der Waals surface area contributed by atoms with Gasteiger partial charge in [0.15, 0.2) is 0 Å². The van der Waals surface area contributed by atoms with Crippen molar-refractivity contribution in [2.75, 3.05) is 32.5 Å². The second-order valence-electron chi connectivity index (χ2n) is 6.93. The molecule has 0 fully saturated rings. The molecule has 0 heterocycles. The van der Waals surface area contributed by atoms with Crippen LogP contribution in [0.1, 0.15) is 25.0 Å². The van der Waals surface area contributed by atoms with Gasteiger partial charge >= 0.3 is 0 Å². The van der Waals surface area contributed by atoms with Crippen LogP contribution in [0, 0.1) is 10.1 Å². The van der Waals surface area contributed by atoms with Crippen LogP contribution >= 0.6 is 0 Å². The quantitative estimate of drug-likeness (QED) is 0.468. The van der Waals surface area contributed by atoms with E-state index in [2.05, 4.69) is 10.2 Å². The number of nitrogens with one attached hydrogen (secondary N) is 1. The molecule has 0 radical (unpaired) electrons. The van der Waals surface area contributed by atoms with Crippen molar-refractivity contribution >= 4 is 21.4 Å². The van der Waals surface area contributed by atoms with Gasteiger partial charge in [-0.2, -0.15) is 4.31 Å². The van der Waals surface area contributed by atoms with Gasteiger partial charge in [-0.25, -0.2) is 8.42 Å². The van der Waals surface area contributed by atoms with Crippen molar-refractivity contribution in [1.29, 1.82) is 0 Å². The molecule has 8 nitrogen and oxygen atoms in total. The standard InChI is InChI=1S/C20H28N4O4S/c1-5-23(6-2)29(27,28)18-11-12-19(20(13-18)24(25)26)21-14-16-7-9-17(10-8-16)15-22(3)4/h7-13,21H,5-6,14-15H2,1-4H3. The first-order chi connectivity index (χ1) is 13.7. The molecule has 2 rings (SSSR count). The highest BCUT2D eigenvalue weighted by atomic mass is 32.2. The van der Waals surface area contributed by atoms with Crippen LogP contribution < -0.4 is 5.32 Å². The van der Waals surface area contributed by atoms with Crippen LogP contribution in [0.2, 0.25) is 0 Å². The molecule has 9 heteroatoms. The number of hydrogen-bond acceptors (Lipinski definition) is 6. The zero-order valence-corrected chi connectivity index (χ0v) is 18.1. The van der Waals surface area contributed by atoms with Crippen LogP contribution in [-0.2, 0) is 23.1 Å². The summed E-state index contributed by atoms with van der Waals surface area (Å²) < 4.78 is 26.6. The van der Waals surface area contributed by atoms with Gasteiger partial charge in [-0.1, -0.05) is 38.1 Å². The average molecular weight is 421 g/mol. The molecule has 0 aliphatic rings. The number of hydrogen-bond donors (Lipinski definition) is 1. The maximum Gasteiger partial charge on any atom is 0.293 e. The molecule has 29 heavy (non-hydrogen) atoms. The van der Waals surface area contributed by atoms with Crippen LogP contribution in [0.25, 0.3) is 0 Å². The molecule has 0 amide bonds. The van der Waals surface area contributed by atoms with Crippen molar-refractivity contribution in [3.05, 3.63) is 63.7 Å². The Hall–Kier alpha value is -2.49. The van der Waals surface area contributed by atoms with E-state index in [4.69, 9.17) is 0 Å². The summed E-state index contributed by atoms with van der Waals surface area (Å²) in [7, 11) is 0.239. The molecule has 0 bridgehead atoms. The summed E-state index contributed by atoms with van der Waals surface area (Å²) in [5.41, 5.74) is 2.17. The zero-order valence-electron chi connectivity index (χ0n) is 17.3. The molecule has 2 aromatic rings. The molecule has 0 aliphatic carbocycles. The fraction of sp³-hybridized carbons (Fsp3) is 0.400. The van der Waals surface area contributed by atoms with Gasteiger partial charge in [0.1, 0.15) is 5.69 Å². The van der Waals surface area contributed by atoms with Gasteiger partial charge in [-0.3, -0.25) is 10.1 Å². The molecule has 1 N–H and O–H groups in total. The highest BCUT2D eigenvalue weighted by Crippen LogP contribution is 2.29. The minimum absolute atomic E-state index is 0.0773. The molecule has 2 aromatic carbocycles. The van der Waals surface area contributed by atoms with Gasteiger partial charge in [0.25, 0.3) is 5.69 Å². The Morgan fingerprint density at radius 2 is 1.59 bits per heavy atom. The fourth-order valence-corrected chi connectivity index (χ4v) is 4.49. The van der Waals surface area contributed by atoms with Crippen molar-refractivity contribution in [3.8, 4) is 0 Å². The molecule has 158 valence electrons. The zero-order chi connectivity index (χ0) is 21.6. The molecule has 0 saturated carbocycles. The van der Waals surface area contributed by atoms with Crippen molar-refractivity contribution in [2.45, 2.75) is 31.8 Å². The lowest BCUT2D eigenvalue weighted by atomic mass is 10.1. The summed E-state index contributed by atoms with van der Waals surface area (Å²) in [6.45, 7) is 5.30. The smallest absolute Gasteiger partial charge is 0.293 e. The number of benzene rings is 2. The monoisotopic (exact) mass is 420 g/mol. The van der Waals surface area contributed by atoms with Gasteiger partial charge in [0, 0.05) is 32.2 Å². The Kier molecular flexibility index (Phi) is 7.72. The summed E-state index contributed by atoms with van der Waals surface area (Å²) in [6, 6.07) is 12.0. The predicted octanol–water partition coefficient (Wildman–Crippen LogP) is 3.30. The van der Waals surface area contributed by atoms with Crippen LogP contribution in [-0.4, -0.2) is 49.7 Å². The number of nitro benzene ring substituents is 1. The molecular formula is C20H28N4O4S. The largest absolute Gasteiger partial charge is 0.375 e. The molecule has 0 spiro atoms. The fourth-order valence-electron chi connectivity index (χ4n) is 3.01. The third-order valence-corrected chi connectivity index (χ3v) is 6.56. The van der Waals surface area contributed by atoms with E-state index in [1.54, 1.807) is 13.8 Å². The first-order valence-electron chi connectivity index (χ1n) is 9.44. The lowest BCUT2D eigenvalue weighted by Gasteiger charge is -2.18. The van der Waals surface area contributed by atoms with Crippen molar-refractivity contribution in [2.24, 2.45) is 0 Å². The number of nitrogens with zero attached hydrogens (tertiary/aromatic N) is 3. The molecular weight excluding hydrogens is 392 g/mol. The minimum Gasteiger partial charge on any atom is -0.375 e. The van der Waals surface area contributed by atoms with Crippen LogP contribution in [0.3, 0.4) is 0 Å². The van der Waals surface area contributed by atoms with Gasteiger partial charge in [0.05, 0.1) is 9.82 Å². The molecule has 0 atom stereocenters. The first kappa shape index (κ1) is 22.8. The van der Waals surface area contributed by atoms with Crippen LogP contribution in [0.4, 0.5) is 11.4 Å². The summed E-state index contributed by atoms with van der Waals surface area (Å²) in [5, 5.41) is 14.6. The lowest BCUT2D eigenvalue weighted by molar-refractivity contribution is -0.384. The lowest BCUT2D eigenvalue weighted by Crippen LogP contribution is -2.30. The Morgan fingerprint density at radius 3 is 2.10 bits per heavy atom.